The number of carbonyl (C=O) groups excluding carboxylic acids is 1. The van der Waals surface area contributed by atoms with Crippen LogP contribution in [0.15, 0.2) is 72.9 Å². The Morgan fingerprint density at radius 1 is 0.912 bits per heavy atom. The first-order chi connectivity index (χ1) is 16.7. The molecule has 2 aromatic carbocycles. The van der Waals surface area contributed by atoms with Crippen LogP contribution in [-0.2, 0) is 20.0 Å². The summed E-state index contributed by atoms with van der Waals surface area (Å²) in [7, 11) is 2.00. The number of hydrogen-bond acceptors (Lipinski definition) is 5. The van der Waals surface area contributed by atoms with E-state index >= 15 is 0 Å². The van der Waals surface area contributed by atoms with Crippen LogP contribution in [-0.4, -0.2) is 46.4 Å². The number of aromatic nitrogens is 7. The summed E-state index contributed by atoms with van der Waals surface area (Å²) in [5, 5.41) is 16.9. The standard InChI is InChI=1S/C25H22N8O/c1-31-20-11-5-3-9-18(20)27-23(31)16-33-19-10-4-2-8-17(19)24(30-33)25(34)26-14-13-22-29-28-21-12-6-7-15-32(21)22/h2-12,15H,13-14,16H2,1H3,(H,26,34). The highest BCUT2D eigenvalue weighted by atomic mass is 16.1. The number of imidazole rings is 1. The van der Waals surface area contributed by atoms with Crippen LogP contribution < -0.4 is 5.32 Å². The van der Waals surface area contributed by atoms with Gasteiger partial charge in [-0.3, -0.25) is 13.9 Å². The van der Waals surface area contributed by atoms with Crippen molar-refractivity contribution in [3.63, 3.8) is 0 Å². The van der Waals surface area contributed by atoms with Gasteiger partial charge in [0.25, 0.3) is 5.91 Å². The summed E-state index contributed by atoms with van der Waals surface area (Å²) in [6.45, 7) is 0.894. The van der Waals surface area contributed by atoms with Crippen molar-refractivity contribution in [1.29, 1.82) is 0 Å². The first kappa shape index (κ1) is 20.1. The van der Waals surface area contributed by atoms with E-state index in [2.05, 4.69) is 25.2 Å². The molecular formula is C25H22N8O. The fourth-order valence-corrected chi connectivity index (χ4v) is 4.32. The molecule has 34 heavy (non-hydrogen) atoms. The van der Waals surface area contributed by atoms with Crippen molar-refractivity contribution in [2.75, 3.05) is 6.54 Å². The molecule has 0 aliphatic heterocycles. The summed E-state index contributed by atoms with van der Waals surface area (Å²) in [5.41, 5.74) is 4.09. The van der Waals surface area contributed by atoms with Gasteiger partial charge >= 0.3 is 0 Å². The van der Waals surface area contributed by atoms with Crippen molar-refractivity contribution in [3.8, 4) is 0 Å². The summed E-state index contributed by atoms with van der Waals surface area (Å²) in [4.78, 5) is 17.8. The number of carbonyl (C=O) groups is 1. The van der Waals surface area contributed by atoms with Gasteiger partial charge in [0.1, 0.15) is 11.6 Å². The summed E-state index contributed by atoms with van der Waals surface area (Å²) in [5.74, 6) is 1.46. The molecule has 0 aliphatic carbocycles. The van der Waals surface area contributed by atoms with Crippen LogP contribution in [0.25, 0.3) is 27.6 Å². The molecule has 168 valence electrons. The number of benzene rings is 2. The molecule has 0 unspecified atom stereocenters. The van der Waals surface area contributed by atoms with Gasteiger partial charge < -0.3 is 9.88 Å². The quantitative estimate of drug-likeness (QED) is 0.421. The number of rotatable bonds is 6. The van der Waals surface area contributed by atoms with Gasteiger partial charge in [-0.2, -0.15) is 5.10 Å². The molecule has 9 nitrogen and oxygen atoms in total. The molecule has 1 amide bonds. The number of nitrogens with one attached hydrogen (secondary N) is 1. The second kappa shape index (κ2) is 8.11. The SMILES string of the molecule is Cn1c(Cn2nc(C(=O)NCCc3nnc4ccccn34)c3ccccc32)nc2ccccc21. The molecule has 0 aliphatic rings. The molecule has 1 N–H and O–H groups in total. The fourth-order valence-electron chi connectivity index (χ4n) is 4.32. The molecule has 0 bridgehead atoms. The smallest absolute Gasteiger partial charge is 0.272 e. The second-order valence-corrected chi connectivity index (χ2v) is 8.15. The van der Waals surface area contributed by atoms with Gasteiger partial charge in [-0.15, -0.1) is 10.2 Å². The van der Waals surface area contributed by atoms with Crippen molar-refractivity contribution < 1.29 is 4.79 Å². The Morgan fingerprint density at radius 3 is 2.59 bits per heavy atom. The third-order valence-corrected chi connectivity index (χ3v) is 6.06. The number of para-hydroxylation sites is 3. The minimum absolute atomic E-state index is 0.214. The monoisotopic (exact) mass is 450 g/mol. The topological polar surface area (TPSA) is 94.9 Å². The summed E-state index contributed by atoms with van der Waals surface area (Å²) in [6, 6.07) is 21.6. The lowest BCUT2D eigenvalue weighted by atomic mass is 10.2. The molecule has 0 saturated heterocycles. The Bertz CT molecular complexity index is 1660. The Kier molecular flexibility index (Phi) is 4.80. The Balaban J connectivity index is 1.25. The van der Waals surface area contributed by atoms with Gasteiger partial charge in [0.2, 0.25) is 0 Å². The number of amides is 1. The Labute approximate surface area is 194 Å². The van der Waals surface area contributed by atoms with Gasteiger partial charge in [-0.25, -0.2) is 4.98 Å². The van der Waals surface area contributed by atoms with E-state index in [1.807, 2.05) is 89.1 Å². The van der Waals surface area contributed by atoms with Gasteiger partial charge in [0.15, 0.2) is 11.3 Å². The molecule has 6 rings (SSSR count). The molecule has 0 fully saturated rings. The van der Waals surface area contributed by atoms with Crippen molar-refractivity contribution in [1.82, 2.24) is 39.2 Å². The molecule has 0 saturated carbocycles. The summed E-state index contributed by atoms with van der Waals surface area (Å²) < 4.78 is 5.83. The minimum atomic E-state index is -0.214. The van der Waals surface area contributed by atoms with E-state index in [0.717, 1.165) is 39.2 Å². The maximum absolute atomic E-state index is 13.1. The summed E-state index contributed by atoms with van der Waals surface area (Å²) >= 11 is 0. The van der Waals surface area contributed by atoms with Crippen LogP contribution in [0.4, 0.5) is 0 Å². The maximum Gasteiger partial charge on any atom is 0.272 e. The van der Waals surface area contributed by atoms with E-state index in [1.54, 1.807) is 0 Å². The predicted molar refractivity (Wildman–Crippen MR) is 129 cm³/mol. The fraction of sp³-hybridized carbons (Fsp3) is 0.160. The van der Waals surface area contributed by atoms with E-state index < -0.39 is 0 Å². The van der Waals surface area contributed by atoms with Crippen LogP contribution >= 0.6 is 0 Å². The van der Waals surface area contributed by atoms with Crippen LogP contribution in [0.3, 0.4) is 0 Å². The highest BCUT2D eigenvalue weighted by Gasteiger charge is 2.18. The van der Waals surface area contributed by atoms with Crippen LogP contribution in [0, 0.1) is 0 Å². The molecule has 0 radical (unpaired) electrons. The maximum atomic E-state index is 13.1. The molecule has 9 heteroatoms. The van der Waals surface area contributed by atoms with Gasteiger partial charge in [-0.1, -0.05) is 36.4 Å². The highest BCUT2D eigenvalue weighted by Crippen LogP contribution is 2.21. The number of nitrogens with zero attached hydrogens (tertiary/aromatic N) is 7. The van der Waals surface area contributed by atoms with E-state index in [4.69, 9.17) is 4.98 Å². The Hall–Kier alpha value is -4.53. The van der Waals surface area contributed by atoms with Crippen LogP contribution in [0.1, 0.15) is 22.1 Å². The number of pyridine rings is 1. The van der Waals surface area contributed by atoms with E-state index in [9.17, 15) is 4.79 Å². The zero-order valence-corrected chi connectivity index (χ0v) is 18.6. The minimum Gasteiger partial charge on any atom is -0.350 e. The first-order valence-electron chi connectivity index (χ1n) is 11.1. The molecule has 4 aromatic heterocycles. The van der Waals surface area contributed by atoms with E-state index in [1.165, 1.54) is 0 Å². The number of fused-ring (bicyclic) bond motifs is 3. The van der Waals surface area contributed by atoms with Crippen molar-refractivity contribution in [2.45, 2.75) is 13.0 Å². The lowest BCUT2D eigenvalue weighted by molar-refractivity contribution is 0.0949. The third kappa shape index (κ3) is 3.38. The van der Waals surface area contributed by atoms with Gasteiger partial charge in [-0.05, 0) is 30.3 Å². The summed E-state index contributed by atoms with van der Waals surface area (Å²) in [6.07, 6.45) is 2.48. The van der Waals surface area contributed by atoms with E-state index in [0.29, 0.717) is 25.2 Å². The number of aryl methyl sites for hydroxylation is 1. The molecule has 6 aromatic rings. The number of hydrogen-bond donors (Lipinski definition) is 1. The van der Waals surface area contributed by atoms with E-state index in [-0.39, 0.29) is 5.91 Å². The van der Waals surface area contributed by atoms with Crippen LogP contribution in [0.2, 0.25) is 0 Å². The van der Waals surface area contributed by atoms with Gasteiger partial charge in [0, 0.05) is 31.6 Å². The lowest BCUT2D eigenvalue weighted by Gasteiger charge is -2.04. The largest absolute Gasteiger partial charge is 0.350 e. The average molecular weight is 451 g/mol. The average Bonchev–Trinajstić information content (AvgIpc) is 3.54. The zero-order valence-electron chi connectivity index (χ0n) is 18.6. The second-order valence-electron chi connectivity index (χ2n) is 8.15. The highest BCUT2D eigenvalue weighted by molar-refractivity contribution is 6.04. The zero-order chi connectivity index (χ0) is 23.1. The van der Waals surface area contributed by atoms with Gasteiger partial charge in [0.05, 0.1) is 23.1 Å². The predicted octanol–water partition coefficient (Wildman–Crippen LogP) is 2.99. The molecule has 0 spiro atoms. The van der Waals surface area contributed by atoms with Crippen molar-refractivity contribution >= 4 is 33.5 Å². The lowest BCUT2D eigenvalue weighted by Crippen LogP contribution is -2.27. The van der Waals surface area contributed by atoms with Crippen LogP contribution in [0.5, 0.6) is 0 Å². The van der Waals surface area contributed by atoms with Crippen molar-refractivity contribution in [3.05, 3.63) is 90.3 Å². The Morgan fingerprint density at radius 2 is 1.71 bits per heavy atom. The van der Waals surface area contributed by atoms with Crippen molar-refractivity contribution in [2.24, 2.45) is 7.05 Å². The molecule has 0 atom stereocenters. The normalized spacial score (nSPS) is 11.6. The third-order valence-electron chi connectivity index (χ3n) is 6.06. The first-order valence-corrected chi connectivity index (χ1v) is 11.1. The molecule has 4 heterocycles. The molecular weight excluding hydrogens is 428 g/mol.